The molecule has 0 unspecified atom stereocenters. The molecule has 0 saturated carbocycles. The summed E-state index contributed by atoms with van der Waals surface area (Å²) >= 11 is 0. The minimum absolute atomic E-state index is 0.114. The van der Waals surface area contributed by atoms with Crippen LogP contribution >= 0.6 is 0 Å². The smallest absolute Gasteiger partial charge is 0.244 e. The highest BCUT2D eigenvalue weighted by Crippen LogP contribution is 2.37. The minimum atomic E-state index is -4.56. The van der Waals surface area contributed by atoms with Gasteiger partial charge in [0, 0.05) is 5.56 Å². The van der Waals surface area contributed by atoms with E-state index in [1.165, 1.54) is 6.07 Å². The molecule has 23 heavy (non-hydrogen) atoms. The lowest BCUT2D eigenvalue weighted by atomic mass is 9.95. The van der Waals surface area contributed by atoms with Gasteiger partial charge in [-0.3, -0.25) is 0 Å². The highest BCUT2D eigenvalue weighted by Gasteiger charge is 2.37. The molecule has 0 aliphatic carbocycles. The summed E-state index contributed by atoms with van der Waals surface area (Å²) in [5.41, 5.74) is 2.90. The quantitative estimate of drug-likeness (QED) is 0.613. The molecule has 0 bridgehead atoms. The number of rotatable bonds is 1. The van der Waals surface area contributed by atoms with Crippen LogP contribution in [0.2, 0.25) is 0 Å². The molecule has 2 aromatic carbocycles. The lowest BCUT2D eigenvalue weighted by Gasteiger charge is -2.16. The van der Waals surface area contributed by atoms with E-state index >= 15 is 0 Å². The van der Waals surface area contributed by atoms with E-state index in [9.17, 15) is 13.2 Å². The molecule has 2 nitrogen and oxygen atoms in total. The van der Waals surface area contributed by atoms with E-state index < -0.39 is 11.9 Å². The Morgan fingerprint density at radius 3 is 2.00 bits per heavy atom. The van der Waals surface area contributed by atoms with Crippen LogP contribution in [0.15, 0.2) is 36.4 Å². The Balaban J connectivity index is 2.38. The zero-order valence-electron chi connectivity index (χ0n) is 13.0. The second-order valence-corrected chi connectivity index (χ2v) is 5.59. The highest BCUT2D eigenvalue weighted by atomic mass is 19.4. The first-order chi connectivity index (χ1) is 10.8. The first kappa shape index (κ1) is 15.5. The summed E-state index contributed by atoms with van der Waals surface area (Å²) in [6.07, 6.45) is -4.56. The topological polar surface area (TPSA) is 25.8 Å². The molecule has 0 amide bonds. The van der Waals surface area contributed by atoms with Crippen LogP contribution in [0.1, 0.15) is 22.4 Å². The van der Waals surface area contributed by atoms with Gasteiger partial charge in [-0.2, -0.15) is 13.2 Å². The molecule has 3 aromatic rings. The van der Waals surface area contributed by atoms with Crippen molar-refractivity contribution in [2.45, 2.75) is 26.9 Å². The first-order valence-corrected chi connectivity index (χ1v) is 7.20. The van der Waals surface area contributed by atoms with Crippen LogP contribution in [0.3, 0.4) is 0 Å². The van der Waals surface area contributed by atoms with Gasteiger partial charge < -0.3 is 0 Å². The van der Waals surface area contributed by atoms with Crippen molar-refractivity contribution in [1.29, 1.82) is 0 Å². The number of alkyl halides is 3. The Hall–Kier alpha value is -2.43. The molecule has 1 heterocycles. The fraction of sp³-hybridized carbons (Fsp3) is 0.222. The summed E-state index contributed by atoms with van der Waals surface area (Å²) in [6.45, 7) is 5.65. The molecule has 0 aliphatic heterocycles. The summed E-state index contributed by atoms with van der Waals surface area (Å²) in [5.74, 6) is 0. The number of aromatic nitrogens is 2. The van der Waals surface area contributed by atoms with Crippen molar-refractivity contribution in [3.63, 3.8) is 0 Å². The zero-order valence-corrected chi connectivity index (χ0v) is 13.0. The molecule has 0 N–H and O–H groups in total. The molecule has 0 fully saturated rings. The van der Waals surface area contributed by atoms with Gasteiger partial charge in [-0.15, -0.1) is 0 Å². The largest absolute Gasteiger partial charge is 0.435 e. The number of benzene rings is 2. The third-order valence-electron chi connectivity index (χ3n) is 4.15. The van der Waals surface area contributed by atoms with Crippen LogP contribution in [0, 0.1) is 20.8 Å². The third-order valence-corrected chi connectivity index (χ3v) is 4.15. The standard InChI is InChI=1S/C18H15F3N2/c1-10-8-9-13(12(3)11(10)2)16-17(18(19,20)21)23-15-7-5-4-6-14(15)22-16/h4-9H,1-3H3. The van der Waals surface area contributed by atoms with E-state index in [2.05, 4.69) is 9.97 Å². The fourth-order valence-corrected chi connectivity index (χ4v) is 2.60. The summed E-state index contributed by atoms with van der Waals surface area (Å²) in [7, 11) is 0. The molecule has 0 radical (unpaired) electrons. The summed E-state index contributed by atoms with van der Waals surface area (Å²) in [6, 6.07) is 10.1. The Morgan fingerprint density at radius 2 is 1.39 bits per heavy atom. The molecule has 3 rings (SSSR count). The number of nitrogens with zero attached hydrogens (tertiary/aromatic N) is 2. The number of hydrogen-bond donors (Lipinski definition) is 0. The maximum Gasteiger partial charge on any atom is 0.435 e. The molecular weight excluding hydrogens is 301 g/mol. The fourth-order valence-electron chi connectivity index (χ4n) is 2.60. The predicted octanol–water partition coefficient (Wildman–Crippen LogP) is 5.24. The number of hydrogen-bond acceptors (Lipinski definition) is 2. The lowest BCUT2D eigenvalue weighted by Crippen LogP contribution is -2.12. The average molecular weight is 316 g/mol. The Bertz CT molecular complexity index is 899. The van der Waals surface area contributed by atoms with Gasteiger partial charge >= 0.3 is 6.18 Å². The normalized spacial score (nSPS) is 11.9. The molecule has 118 valence electrons. The van der Waals surface area contributed by atoms with E-state index in [-0.39, 0.29) is 11.2 Å². The number of aryl methyl sites for hydroxylation is 1. The van der Waals surface area contributed by atoms with Crippen molar-refractivity contribution in [2.75, 3.05) is 0 Å². The third kappa shape index (κ3) is 2.67. The maximum absolute atomic E-state index is 13.5. The summed E-state index contributed by atoms with van der Waals surface area (Å²) < 4.78 is 40.4. The van der Waals surface area contributed by atoms with Crippen molar-refractivity contribution >= 4 is 11.0 Å². The molecule has 0 spiro atoms. The van der Waals surface area contributed by atoms with Gasteiger partial charge in [-0.25, -0.2) is 9.97 Å². The van der Waals surface area contributed by atoms with Crippen LogP contribution in [0.4, 0.5) is 13.2 Å². The maximum atomic E-state index is 13.5. The first-order valence-electron chi connectivity index (χ1n) is 7.20. The second-order valence-electron chi connectivity index (χ2n) is 5.59. The van der Waals surface area contributed by atoms with Crippen LogP contribution in [-0.2, 0) is 6.18 Å². The van der Waals surface area contributed by atoms with Crippen LogP contribution in [-0.4, -0.2) is 9.97 Å². The minimum Gasteiger partial charge on any atom is -0.244 e. The van der Waals surface area contributed by atoms with E-state index in [4.69, 9.17) is 0 Å². The Morgan fingerprint density at radius 1 is 0.783 bits per heavy atom. The van der Waals surface area contributed by atoms with Crippen molar-refractivity contribution < 1.29 is 13.2 Å². The van der Waals surface area contributed by atoms with Gasteiger partial charge in [-0.1, -0.05) is 24.3 Å². The lowest BCUT2D eigenvalue weighted by molar-refractivity contribution is -0.140. The molecule has 0 atom stereocenters. The molecule has 0 aliphatic rings. The van der Waals surface area contributed by atoms with E-state index in [0.29, 0.717) is 11.1 Å². The summed E-state index contributed by atoms with van der Waals surface area (Å²) in [5, 5.41) is 0. The molecule has 1 aromatic heterocycles. The van der Waals surface area contributed by atoms with Gasteiger partial charge in [0.2, 0.25) is 0 Å². The van der Waals surface area contributed by atoms with Gasteiger partial charge in [-0.05, 0) is 49.6 Å². The molecule has 0 saturated heterocycles. The van der Waals surface area contributed by atoms with Gasteiger partial charge in [0.05, 0.1) is 11.0 Å². The SMILES string of the molecule is Cc1ccc(-c2nc3ccccc3nc2C(F)(F)F)c(C)c1C. The second kappa shape index (κ2) is 5.33. The van der Waals surface area contributed by atoms with Gasteiger partial charge in [0.15, 0.2) is 5.69 Å². The average Bonchev–Trinajstić information content (AvgIpc) is 2.51. The van der Waals surface area contributed by atoms with Crippen molar-refractivity contribution in [1.82, 2.24) is 9.97 Å². The van der Waals surface area contributed by atoms with Crippen molar-refractivity contribution in [3.05, 3.63) is 58.8 Å². The van der Waals surface area contributed by atoms with Gasteiger partial charge in [0.1, 0.15) is 5.69 Å². The Kier molecular flexibility index (Phi) is 3.59. The van der Waals surface area contributed by atoms with E-state index in [0.717, 1.165) is 16.7 Å². The highest BCUT2D eigenvalue weighted by molar-refractivity contribution is 5.79. The van der Waals surface area contributed by atoms with E-state index in [1.54, 1.807) is 24.3 Å². The predicted molar refractivity (Wildman–Crippen MR) is 84.2 cm³/mol. The van der Waals surface area contributed by atoms with Crippen LogP contribution in [0.5, 0.6) is 0 Å². The number of fused-ring (bicyclic) bond motifs is 1. The molecular formula is C18H15F3N2. The molecule has 5 heteroatoms. The van der Waals surface area contributed by atoms with Crippen molar-refractivity contribution in [3.8, 4) is 11.3 Å². The number of para-hydroxylation sites is 2. The van der Waals surface area contributed by atoms with Crippen LogP contribution < -0.4 is 0 Å². The van der Waals surface area contributed by atoms with Crippen molar-refractivity contribution in [2.24, 2.45) is 0 Å². The van der Waals surface area contributed by atoms with Gasteiger partial charge in [0.25, 0.3) is 0 Å². The number of halogens is 3. The zero-order chi connectivity index (χ0) is 16.8. The van der Waals surface area contributed by atoms with Crippen LogP contribution in [0.25, 0.3) is 22.3 Å². The summed E-state index contributed by atoms with van der Waals surface area (Å²) in [4.78, 5) is 8.09. The van der Waals surface area contributed by atoms with E-state index in [1.807, 2.05) is 26.8 Å². The Labute approximate surface area is 132 Å². The monoisotopic (exact) mass is 316 g/mol.